The zero-order valence-electron chi connectivity index (χ0n) is 23.7. The van der Waals surface area contributed by atoms with E-state index in [4.69, 9.17) is 19.7 Å². The SMILES string of the molecule is CC(=O)Cc1ccc(NC(=O)Nc2ccc(-c3nc(N4CCOCC4)c4ncc(-c5cnn(C)c5)cc4n3)cc2)c(F)c1. The molecule has 0 bridgehead atoms. The Bertz CT molecular complexity index is 1820. The van der Waals surface area contributed by atoms with Gasteiger partial charge in [-0.3, -0.25) is 14.5 Å². The highest BCUT2D eigenvalue weighted by atomic mass is 19.1. The van der Waals surface area contributed by atoms with E-state index < -0.39 is 11.8 Å². The van der Waals surface area contributed by atoms with Crippen LogP contribution in [0.4, 0.5) is 26.4 Å². The molecule has 0 spiro atoms. The van der Waals surface area contributed by atoms with Crippen LogP contribution in [0.25, 0.3) is 33.5 Å². The number of carbonyl (C=O) groups excluding carboxylic acids is 2. The summed E-state index contributed by atoms with van der Waals surface area (Å²) in [4.78, 5) is 40.5. The lowest BCUT2D eigenvalue weighted by atomic mass is 10.1. The van der Waals surface area contributed by atoms with Crippen molar-refractivity contribution in [3.63, 3.8) is 0 Å². The maximum absolute atomic E-state index is 14.5. The molecule has 2 amide bonds. The first kappa shape index (κ1) is 27.9. The number of pyridine rings is 1. The zero-order chi connectivity index (χ0) is 29.9. The van der Waals surface area contributed by atoms with Crippen LogP contribution in [0.5, 0.6) is 0 Å². The van der Waals surface area contributed by atoms with Crippen LogP contribution in [0.1, 0.15) is 12.5 Å². The summed E-state index contributed by atoms with van der Waals surface area (Å²) in [5.41, 5.74) is 5.05. The molecule has 0 unspecified atom stereocenters. The number of halogens is 1. The highest BCUT2D eigenvalue weighted by Gasteiger charge is 2.20. The standard InChI is InChI=1S/C31H29FN8O3/c1-19(41)13-20-3-8-26(25(32)14-20)37-31(42)35-24-6-4-21(5-7-24)29-36-27-15-22(23-17-34-39(2)18-23)16-33-28(27)30(38-29)40-9-11-43-12-10-40/h3-8,14-18H,9-13H2,1-2H3,(H2,35,37,42). The molecule has 11 nitrogen and oxygen atoms in total. The molecule has 1 aliphatic heterocycles. The van der Waals surface area contributed by atoms with Crippen LogP contribution in [0.15, 0.2) is 67.1 Å². The van der Waals surface area contributed by atoms with Crippen LogP contribution in [0.3, 0.4) is 0 Å². The number of Topliss-reactive ketones (excluding diaryl/α,β-unsaturated/α-hetero) is 1. The summed E-state index contributed by atoms with van der Waals surface area (Å²) in [7, 11) is 1.87. The Morgan fingerprint density at radius 2 is 1.74 bits per heavy atom. The molecule has 12 heteroatoms. The molecule has 0 radical (unpaired) electrons. The minimum atomic E-state index is -0.616. The summed E-state index contributed by atoms with van der Waals surface area (Å²) < 4.78 is 21.7. The van der Waals surface area contributed by atoms with Crippen LogP contribution in [-0.4, -0.2) is 62.9 Å². The number of ketones is 1. The summed E-state index contributed by atoms with van der Waals surface area (Å²) in [5.74, 6) is 0.565. The van der Waals surface area contributed by atoms with Gasteiger partial charge >= 0.3 is 6.03 Å². The van der Waals surface area contributed by atoms with Crippen LogP contribution >= 0.6 is 0 Å². The van der Waals surface area contributed by atoms with Crippen LogP contribution < -0.4 is 15.5 Å². The van der Waals surface area contributed by atoms with Gasteiger partial charge in [-0.05, 0) is 55.0 Å². The number of nitrogens with one attached hydrogen (secondary N) is 2. The molecule has 6 rings (SSSR count). The predicted molar refractivity (Wildman–Crippen MR) is 161 cm³/mol. The summed E-state index contributed by atoms with van der Waals surface area (Å²) in [6.45, 7) is 4.02. The molecule has 0 aliphatic carbocycles. The maximum atomic E-state index is 14.5. The second-order valence-electron chi connectivity index (χ2n) is 10.3. The Morgan fingerprint density at radius 1 is 0.953 bits per heavy atom. The molecule has 4 heterocycles. The number of morpholine rings is 1. The van der Waals surface area contributed by atoms with E-state index in [0.29, 0.717) is 54.4 Å². The molecule has 2 aromatic carbocycles. The summed E-state index contributed by atoms with van der Waals surface area (Å²) >= 11 is 0. The van der Waals surface area contributed by atoms with Crippen molar-refractivity contribution in [2.75, 3.05) is 41.8 Å². The van der Waals surface area contributed by atoms with Crippen LogP contribution in [-0.2, 0) is 23.0 Å². The second kappa shape index (κ2) is 11.9. The first-order valence-electron chi connectivity index (χ1n) is 13.8. The number of nitrogens with zero attached hydrogens (tertiary/aromatic N) is 6. The van der Waals surface area contributed by atoms with E-state index in [0.717, 1.165) is 22.5 Å². The van der Waals surface area contributed by atoms with Crippen molar-refractivity contribution >= 4 is 40.0 Å². The molecular weight excluding hydrogens is 551 g/mol. The Labute approximate surface area is 246 Å². The average molecular weight is 581 g/mol. The van der Waals surface area contributed by atoms with Gasteiger partial charge in [-0.25, -0.2) is 19.2 Å². The largest absolute Gasteiger partial charge is 0.378 e. The van der Waals surface area contributed by atoms with E-state index >= 15 is 0 Å². The lowest BCUT2D eigenvalue weighted by Crippen LogP contribution is -2.37. The fourth-order valence-corrected chi connectivity index (χ4v) is 4.90. The van der Waals surface area contributed by atoms with Crippen molar-refractivity contribution < 1.29 is 18.7 Å². The number of anilines is 3. The van der Waals surface area contributed by atoms with Crippen molar-refractivity contribution in [1.82, 2.24) is 24.7 Å². The smallest absolute Gasteiger partial charge is 0.323 e. The van der Waals surface area contributed by atoms with Gasteiger partial charge in [-0.2, -0.15) is 5.10 Å². The lowest BCUT2D eigenvalue weighted by Gasteiger charge is -2.28. The molecule has 1 saturated heterocycles. The summed E-state index contributed by atoms with van der Waals surface area (Å²) in [5, 5.41) is 9.49. The van der Waals surface area contributed by atoms with Crippen molar-refractivity contribution in [1.29, 1.82) is 0 Å². The van der Waals surface area contributed by atoms with Crippen molar-refractivity contribution in [2.45, 2.75) is 13.3 Å². The third-order valence-electron chi connectivity index (χ3n) is 7.00. The van der Waals surface area contributed by atoms with Gasteiger partial charge in [-0.15, -0.1) is 0 Å². The van der Waals surface area contributed by atoms with E-state index in [9.17, 15) is 14.0 Å². The molecule has 0 atom stereocenters. The monoisotopic (exact) mass is 580 g/mol. The van der Waals surface area contributed by atoms with E-state index in [1.807, 2.05) is 37.6 Å². The highest BCUT2D eigenvalue weighted by Crippen LogP contribution is 2.30. The highest BCUT2D eigenvalue weighted by molar-refractivity contribution is 6.00. The molecule has 2 N–H and O–H groups in total. The predicted octanol–water partition coefficient (Wildman–Crippen LogP) is 4.84. The Hall–Kier alpha value is -5.23. The Morgan fingerprint density at radius 3 is 2.44 bits per heavy atom. The van der Waals surface area contributed by atoms with Gasteiger partial charge in [-0.1, -0.05) is 6.07 Å². The van der Waals surface area contributed by atoms with E-state index in [1.54, 1.807) is 29.1 Å². The molecule has 218 valence electrons. The minimum Gasteiger partial charge on any atom is -0.378 e. The molecule has 1 fully saturated rings. The van der Waals surface area contributed by atoms with Crippen LogP contribution in [0.2, 0.25) is 0 Å². The third kappa shape index (κ3) is 6.33. The molecular formula is C31H29FN8O3. The average Bonchev–Trinajstić information content (AvgIpc) is 3.44. The van der Waals surface area contributed by atoms with Crippen molar-refractivity contribution in [3.8, 4) is 22.5 Å². The zero-order valence-corrected chi connectivity index (χ0v) is 23.7. The molecule has 5 aromatic rings. The second-order valence-corrected chi connectivity index (χ2v) is 10.3. The van der Waals surface area contributed by atoms with Gasteiger partial charge < -0.3 is 20.3 Å². The van der Waals surface area contributed by atoms with E-state index in [-0.39, 0.29) is 17.9 Å². The Kier molecular flexibility index (Phi) is 7.75. The number of carbonyl (C=O) groups is 2. The number of amides is 2. The lowest BCUT2D eigenvalue weighted by molar-refractivity contribution is -0.116. The molecule has 0 saturated carbocycles. The molecule has 3 aromatic heterocycles. The fraction of sp³-hybridized carbons (Fsp3) is 0.226. The van der Waals surface area contributed by atoms with Gasteiger partial charge in [0.25, 0.3) is 0 Å². The van der Waals surface area contributed by atoms with E-state index in [2.05, 4.69) is 20.6 Å². The van der Waals surface area contributed by atoms with Crippen molar-refractivity contribution in [3.05, 3.63) is 78.5 Å². The van der Waals surface area contributed by atoms with Gasteiger partial charge in [0.05, 0.1) is 30.6 Å². The number of aromatic nitrogens is 5. The molecule has 43 heavy (non-hydrogen) atoms. The minimum absolute atomic E-state index is 0.0147. The summed E-state index contributed by atoms with van der Waals surface area (Å²) in [6.07, 6.45) is 5.65. The van der Waals surface area contributed by atoms with E-state index in [1.165, 1.54) is 19.1 Å². The first-order chi connectivity index (χ1) is 20.8. The number of ether oxygens (including phenoxy) is 1. The number of urea groups is 1. The Balaban J connectivity index is 1.24. The topological polar surface area (TPSA) is 127 Å². The van der Waals surface area contributed by atoms with Gasteiger partial charge in [0.15, 0.2) is 11.6 Å². The maximum Gasteiger partial charge on any atom is 0.323 e. The number of fused-ring (bicyclic) bond motifs is 1. The fourth-order valence-electron chi connectivity index (χ4n) is 4.90. The van der Waals surface area contributed by atoms with Gasteiger partial charge in [0.1, 0.15) is 17.1 Å². The normalized spacial score (nSPS) is 13.2. The number of aryl methyl sites for hydroxylation is 1. The number of hydrogen-bond acceptors (Lipinski definition) is 8. The number of rotatable bonds is 7. The first-order valence-corrected chi connectivity index (χ1v) is 13.8. The molecule has 1 aliphatic rings. The van der Waals surface area contributed by atoms with Crippen LogP contribution in [0, 0.1) is 5.82 Å². The number of benzene rings is 2. The van der Waals surface area contributed by atoms with Gasteiger partial charge in [0.2, 0.25) is 0 Å². The summed E-state index contributed by atoms with van der Waals surface area (Å²) in [6, 6.07) is 12.8. The number of hydrogen-bond donors (Lipinski definition) is 2. The van der Waals surface area contributed by atoms with Crippen molar-refractivity contribution in [2.24, 2.45) is 7.05 Å². The third-order valence-corrected chi connectivity index (χ3v) is 7.00. The quantitative estimate of drug-likeness (QED) is 0.280. The van der Waals surface area contributed by atoms with Gasteiger partial charge in [0, 0.05) is 61.3 Å².